The minimum Gasteiger partial charge on any atom is -0.375 e. The molecule has 0 bridgehead atoms. The van der Waals surface area contributed by atoms with E-state index in [0.717, 1.165) is 9.90 Å². The average Bonchev–Trinajstić information content (AvgIpc) is 2.26. The Bertz CT molecular complexity index is 297. The van der Waals surface area contributed by atoms with Crippen molar-refractivity contribution in [3.63, 3.8) is 0 Å². The molecule has 0 aromatic carbocycles. The maximum atomic E-state index is 10.4. The van der Waals surface area contributed by atoms with E-state index in [2.05, 4.69) is 4.98 Å². The molecule has 0 aliphatic rings. The van der Waals surface area contributed by atoms with Crippen LogP contribution in [0.2, 0.25) is 0 Å². The number of primary amides is 1. The zero-order valence-corrected chi connectivity index (χ0v) is 8.17. The van der Waals surface area contributed by atoms with Gasteiger partial charge < -0.3 is 11.5 Å². The molecule has 0 aliphatic heterocycles. The molecule has 1 heterocycles. The van der Waals surface area contributed by atoms with Crippen molar-refractivity contribution >= 4 is 34.1 Å². The predicted molar refractivity (Wildman–Crippen MR) is 51.2 cm³/mol. The number of aromatic nitrogens is 1. The number of amides is 1. The molecule has 0 fully saturated rings. The highest BCUT2D eigenvalue weighted by atomic mass is 32.2. The van der Waals surface area contributed by atoms with Crippen LogP contribution in [0.5, 0.6) is 0 Å². The number of nitrogen functional groups attached to an aromatic ring is 1. The molecule has 0 atom stereocenters. The van der Waals surface area contributed by atoms with E-state index in [1.807, 2.05) is 6.92 Å². The molecule has 0 aliphatic carbocycles. The van der Waals surface area contributed by atoms with E-state index in [-0.39, 0.29) is 11.7 Å². The first-order chi connectivity index (χ1) is 5.59. The van der Waals surface area contributed by atoms with Crippen LogP contribution in [0.1, 0.15) is 5.69 Å². The number of hydrogen-bond acceptors (Lipinski definition) is 5. The van der Waals surface area contributed by atoms with Crippen LogP contribution in [-0.2, 0) is 4.79 Å². The zero-order chi connectivity index (χ0) is 9.14. The van der Waals surface area contributed by atoms with Gasteiger partial charge in [-0.05, 0) is 6.92 Å². The molecule has 4 nitrogen and oxygen atoms in total. The predicted octanol–water partition coefficient (Wildman–Crippen LogP) is 0.611. The molecule has 0 saturated carbocycles. The fourth-order valence-electron chi connectivity index (χ4n) is 0.673. The van der Waals surface area contributed by atoms with E-state index in [0.29, 0.717) is 5.13 Å². The number of nitrogens with two attached hydrogens (primary N) is 2. The largest absolute Gasteiger partial charge is 0.375 e. The molecule has 0 spiro atoms. The molecule has 6 heteroatoms. The quantitative estimate of drug-likeness (QED) is 0.705. The van der Waals surface area contributed by atoms with Gasteiger partial charge in [-0.15, -0.1) is 11.8 Å². The molecule has 12 heavy (non-hydrogen) atoms. The first-order valence-corrected chi connectivity index (χ1v) is 5.04. The van der Waals surface area contributed by atoms with E-state index in [1.54, 1.807) is 0 Å². The molecule has 0 unspecified atom stereocenters. The van der Waals surface area contributed by atoms with Gasteiger partial charge in [0.05, 0.1) is 15.7 Å². The SMILES string of the molecule is Cc1nc(N)sc1SCC(N)=O. The first kappa shape index (κ1) is 9.34. The number of carbonyl (C=O) groups excluding carboxylic acids is 1. The van der Waals surface area contributed by atoms with E-state index >= 15 is 0 Å². The summed E-state index contributed by atoms with van der Waals surface area (Å²) in [4.78, 5) is 14.5. The Hall–Kier alpha value is -0.750. The topological polar surface area (TPSA) is 82.0 Å². The van der Waals surface area contributed by atoms with Crippen LogP contribution in [0.4, 0.5) is 5.13 Å². The van der Waals surface area contributed by atoms with Gasteiger partial charge in [-0.3, -0.25) is 4.79 Å². The number of hydrogen-bond donors (Lipinski definition) is 2. The molecular formula is C6H9N3OS2. The van der Waals surface area contributed by atoms with Crippen molar-refractivity contribution in [3.8, 4) is 0 Å². The third-order valence-electron chi connectivity index (χ3n) is 1.12. The molecule has 1 amide bonds. The fraction of sp³-hybridized carbons (Fsp3) is 0.333. The molecule has 66 valence electrons. The van der Waals surface area contributed by atoms with Gasteiger partial charge in [0.25, 0.3) is 0 Å². The second-order valence-electron chi connectivity index (χ2n) is 2.18. The summed E-state index contributed by atoms with van der Waals surface area (Å²) in [5, 5.41) is 0.527. The van der Waals surface area contributed by atoms with Crippen LogP contribution in [-0.4, -0.2) is 16.6 Å². The smallest absolute Gasteiger partial charge is 0.227 e. The highest BCUT2D eigenvalue weighted by Gasteiger charge is 2.06. The molecular weight excluding hydrogens is 194 g/mol. The van der Waals surface area contributed by atoms with Gasteiger partial charge >= 0.3 is 0 Å². The van der Waals surface area contributed by atoms with Crippen molar-refractivity contribution in [1.29, 1.82) is 0 Å². The monoisotopic (exact) mass is 203 g/mol. The number of thiazole rings is 1. The second kappa shape index (κ2) is 3.77. The van der Waals surface area contributed by atoms with E-state index in [4.69, 9.17) is 11.5 Å². The Morgan fingerprint density at radius 1 is 1.75 bits per heavy atom. The number of nitrogens with zero attached hydrogens (tertiary/aromatic N) is 1. The third-order valence-corrected chi connectivity index (χ3v) is 3.49. The van der Waals surface area contributed by atoms with Gasteiger partial charge in [0.2, 0.25) is 5.91 Å². The van der Waals surface area contributed by atoms with Gasteiger partial charge in [0.15, 0.2) is 5.13 Å². The lowest BCUT2D eigenvalue weighted by Crippen LogP contribution is -2.12. The van der Waals surface area contributed by atoms with E-state index in [1.165, 1.54) is 23.1 Å². The Kier molecular flexibility index (Phi) is 2.93. The summed E-state index contributed by atoms with van der Waals surface area (Å²) in [6.45, 7) is 1.86. The van der Waals surface area contributed by atoms with Gasteiger partial charge in [-0.2, -0.15) is 0 Å². The van der Waals surface area contributed by atoms with Crippen LogP contribution in [0.15, 0.2) is 4.21 Å². The Morgan fingerprint density at radius 3 is 2.83 bits per heavy atom. The minimum atomic E-state index is -0.327. The van der Waals surface area contributed by atoms with Crippen LogP contribution >= 0.6 is 23.1 Å². The third kappa shape index (κ3) is 2.38. The van der Waals surface area contributed by atoms with Crippen molar-refractivity contribution < 1.29 is 4.79 Å². The van der Waals surface area contributed by atoms with Gasteiger partial charge in [0.1, 0.15) is 0 Å². The van der Waals surface area contributed by atoms with E-state index < -0.39 is 0 Å². The summed E-state index contributed by atoms with van der Waals surface area (Å²) in [5.41, 5.74) is 11.3. The average molecular weight is 203 g/mol. The summed E-state index contributed by atoms with van der Waals surface area (Å²) < 4.78 is 0.964. The lowest BCUT2D eigenvalue weighted by molar-refractivity contribution is -0.115. The summed E-state index contributed by atoms with van der Waals surface area (Å²) in [6, 6.07) is 0. The van der Waals surface area contributed by atoms with Crippen LogP contribution in [0.25, 0.3) is 0 Å². The highest BCUT2D eigenvalue weighted by Crippen LogP contribution is 2.29. The van der Waals surface area contributed by atoms with Crippen LogP contribution < -0.4 is 11.5 Å². The first-order valence-electron chi connectivity index (χ1n) is 3.23. The maximum Gasteiger partial charge on any atom is 0.227 e. The summed E-state index contributed by atoms with van der Waals surface area (Å²) in [7, 11) is 0. The molecule has 0 saturated heterocycles. The van der Waals surface area contributed by atoms with Gasteiger partial charge in [-0.1, -0.05) is 11.3 Å². The molecule has 0 radical (unpaired) electrons. The second-order valence-corrected chi connectivity index (χ2v) is 4.45. The molecule has 1 aromatic rings. The lowest BCUT2D eigenvalue weighted by Gasteiger charge is -1.93. The van der Waals surface area contributed by atoms with Crippen LogP contribution in [0.3, 0.4) is 0 Å². The highest BCUT2D eigenvalue weighted by molar-refractivity contribution is 8.01. The Balaban J connectivity index is 2.62. The molecule has 1 rings (SSSR count). The number of carbonyl (C=O) groups is 1. The summed E-state index contributed by atoms with van der Waals surface area (Å²) >= 11 is 2.76. The fourth-order valence-corrected chi connectivity index (χ4v) is 2.44. The van der Waals surface area contributed by atoms with Crippen molar-refractivity contribution in [3.05, 3.63) is 5.69 Å². The van der Waals surface area contributed by atoms with Gasteiger partial charge in [0, 0.05) is 0 Å². The number of aryl methyl sites for hydroxylation is 1. The summed E-state index contributed by atoms with van der Waals surface area (Å²) in [5.74, 6) is -0.0472. The van der Waals surface area contributed by atoms with Crippen molar-refractivity contribution in [2.75, 3.05) is 11.5 Å². The minimum absolute atomic E-state index is 0.280. The standard InChI is InChI=1S/C6H9N3OS2/c1-3-5(11-2-4(7)10)12-6(8)9-3/h2H2,1H3,(H2,7,10)(H2,8,9). The Morgan fingerprint density at radius 2 is 2.42 bits per heavy atom. The van der Waals surface area contributed by atoms with Crippen LogP contribution in [0, 0.1) is 6.92 Å². The normalized spacial score (nSPS) is 10.1. The maximum absolute atomic E-state index is 10.4. The van der Waals surface area contributed by atoms with Crippen molar-refractivity contribution in [1.82, 2.24) is 4.98 Å². The molecule has 1 aromatic heterocycles. The number of thioether (sulfide) groups is 1. The zero-order valence-electron chi connectivity index (χ0n) is 6.53. The van der Waals surface area contributed by atoms with Crippen molar-refractivity contribution in [2.45, 2.75) is 11.1 Å². The molecule has 4 N–H and O–H groups in total. The van der Waals surface area contributed by atoms with Gasteiger partial charge in [-0.25, -0.2) is 4.98 Å². The lowest BCUT2D eigenvalue weighted by atomic mass is 10.6. The Labute approximate surface area is 78.4 Å². The van der Waals surface area contributed by atoms with E-state index in [9.17, 15) is 4.79 Å². The summed E-state index contributed by atoms with van der Waals surface area (Å²) in [6.07, 6.45) is 0. The van der Waals surface area contributed by atoms with Crippen molar-refractivity contribution in [2.24, 2.45) is 5.73 Å². The number of rotatable bonds is 3. The number of anilines is 1.